The molecule has 0 unspecified atom stereocenters. The van der Waals surface area contributed by atoms with E-state index in [1.54, 1.807) is 32.1 Å². The van der Waals surface area contributed by atoms with Gasteiger partial charge < -0.3 is 19.3 Å². The molecule has 2 aromatic rings. The van der Waals surface area contributed by atoms with E-state index in [9.17, 15) is 9.90 Å². The summed E-state index contributed by atoms with van der Waals surface area (Å²) < 4.78 is 17.8. The van der Waals surface area contributed by atoms with Crippen LogP contribution in [0, 0.1) is 35.0 Å². The fourth-order valence-corrected chi connectivity index (χ4v) is 8.92. The molecule has 0 saturated heterocycles. The summed E-state index contributed by atoms with van der Waals surface area (Å²) >= 11 is 0. The van der Waals surface area contributed by atoms with Gasteiger partial charge in [-0.05, 0) is 100 Å². The highest BCUT2D eigenvalue weighted by Gasteiger charge is 2.56. The van der Waals surface area contributed by atoms with Crippen molar-refractivity contribution >= 4 is 16.8 Å². The quantitative estimate of drug-likeness (QED) is 0.329. The summed E-state index contributed by atoms with van der Waals surface area (Å²) in [5.74, 6) is 4.26. The average molecular weight is 556 g/mol. The number of ether oxygens (including phenoxy) is 3. The molecule has 3 aliphatic rings. The fourth-order valence-electron chi connectivity index (χ4n) is 8.92. The molecule has 1 heterocycles. The Bertz CT molecular complexity index is 1180. The number of ketones is 1. The van der Waals surface area contributed by atoms with Crippen LogP contribution in [0.2, 0.25) is 0 Å². The van der Waals surface area contributed by atoms with E-state index in [4.69, 9.17) is 14.2 Å². The van der Waals surface area contributed by atoms with Crippen molar-refractivity contribution in [3.8, 4) is 11.5 Å². The SMILES string of the molecule is COCCCC[C@@](C)(O)C[C@@H]1CC[C@@H]2[C@H](CC[C@]3(C)[C@@H](C(=O)Cn4nnc5c(OC)cc(OC)cc54)CC[C@@H]23)C1. The molecular weight excluding hydrogens is 506 g/mol. The maximum absolute atomic E-state index is 13.8. The van der Waals surface area contributed by atoms with Gasteiger partial charge in [0.25, 0.3) is 0 Å². The van der Waals surface area contributed by atoms with Gasteiger partial charge in [-0.25, -0.2) is 4.68 Å². The second-order valence-corrected chi connectivity index (χ2v) is 13.4. The molecule has 0 amide bonds. The van der Waals surface area contributed by atoms with E-state index in [0.717, 1.165) is 63.0 Å². The maximum atomic E-state index is 13.8. The molecule has 8 heteroatoms. The normalized spacial score (nSPS) is 31.4. The first-order valence-electron chi connectivity index (χ1n) is 15.4. The van der Waals surface area contributed by atoms with Crippen LogP contribution in [0.3, 0.4) is 0 Å². The molecule has 1 aromatic heterocycles. The summed E-state index contributed by atoms with van der Waals surface area (Å²) in [5.41, 5.74) is 0.890. The van der Waals surface area contributed by atoms with Gasteiger partial charge >= 0.3 is 0 Å². The average Bonchev–Trinajstić information content (AvgIpc) is 3.51. The molecule has 0 radical (unpaired) electrons. The van der Waals surface area contributed by atoms with Crippen LogP contribution >= 0.6 is 0 Å². The summed E-state index contributed by atoms with van der Waals surface area (Å²) in [6.45, 7) is 5.43. The van der Waals surface area contributed by atoms with Gasteiger partial charge in [-0.1, -0.05) is 18.6 Å². The number of benzene rings is 1. The molecule has 40 heavy (non-hydrogen) atoms. The van der Waals surface area contributed by atoms with Gasteiger partial charge in [-0.3, -0.25) is 4.79 Å². The van der Waals surface area contributed by atoms with E-state index in [2.05, 4.69) is 17.2 Å². The highest BCUT2D eigenvalue weighted by atomic mass is 16.5. The van der Waals surface area contributed by atoms with Gasteiger partial charge in [-0.15, -0.1) is 5.10 Å². The van der Waals surface area contributed by atoms with Gasteiger partial charge in [0, 0.05) is 31.8 Å². The third kappa shape index (κ3) is 5.76. The molecular formula is C32H49N3O5. The summed E-state index contributed by atoms with van der Waals surface area (Å²) in [5, 5.41) is 19.7. The van der Waals surface area contributed by atoms with Crippen molar-refractivity contribution in [2.75, 3.05) is 27.9 Å². The monoisotopic (exact) mass is 555 g/mol. The van der Waals surface area contributed by atoms with Crippen LogP contribution in [-0.2, 0) is 16.1 Å². The van der Waals surface area contributed by atoms with Crippen LogP contribution in [-0.4, -0.2) is 59.4 Å². The number of aromatic nitrogens is 3. The Labute approximate surface area is 239 Å². The minimum atomic E-state index is -0.584. The van der Waals surface area contributed by atoms with Gasteiger partial charge in [0.15, 0.2) is 17.0 Å². The smallest absolute Gasteiger partial charge is 0.157 e. The molecule has 0 spiro atoms. The van der Waals surface area contributed by atoms with Crippen molar-refractivity contribution in [1.82, 2.24) is 15.0 Å². The second kappa shape index (κ2) is 12.0. The predicted octanol–water partition coefficient (Wildman–Crippen LogP) is 5.83. The predicted molar refractivity (Wildman–Crippen MR) is 154 cm³/mol. The van der Waals surface area contributed by atoms with Crippen LogP contribution in [0.4, 0.5) is 0 Å². The molecule has 1 aromatic carbocycles. The topological polar surface area (TPSA) is 95.7 Å². The molecule has 8 nitrogen and oxygen atoms in total. The van der Waals surface area contributed by atoms with Crippen molar-refractivity contribution in [1.29, 1.82) is 0 Å². The number of hydrogen-bond donors (Lipinski definition) is 1. The molecule has 3 saturated carbocycles. The number of hydrogen-bond acceptors (Lipinski definition) is 7. The highest BCUT2D eigenvalue weighted by molar-refractivity contribution is 5.86. The molecule has 3 aliphatic carbocycles. The number of nitrogens with zero attached hydrogens (tertiary/aromatic N) is 3. The lowest BCUT2D eigenvalue weighted by Crippen LogP contribution is -2.46. The molecule has 1 N–H and O–H groups in total. The van der Waals surface area contributed by atoms with E-state index < -0.39 is 5.60 Å². The van der Waals surface area contributed by atoms with Crippen molar-refractivity contribution in [3.05, 3.63) is 12.1 Å². The second-order valence-electron chi connectivity index (χ2n) is 13.4. The summed E-state index contributed by atoms with van der Waals surface area (Å²) in [6.07, 6.45) is 11.9. The zero-order valence-electron chi connectivity index (χ0n) is 25.2. The standard InChI is InChI=1S/C32H49N3O5/c1-31(37,13-6-7-15-38-3)19-21-8-9-24-22(16-21)12-14-32(2)25(24)10-11-26(32)28(36)20-35-27-17-23(39-4)18-29(40-5)30(27)33-34-35/h17-18,21-22,24-26,37H,6-16,19-20H2,1-5H3/t21-,22-,24-,25+,26-,31-,32+/m1/s1. The highest BCUT2D eigenvalue weighted by Crippen LogP contribution is 2.62. The molecule has 222 valence electrons. The van der Waals surface area contributed by atoms with Crippen LogP contribution in [0.5, 0.6) is 11.5 Å². The minimum Gasteiger partial charge on any atom is -0.497 e. The van der Waals surface area contributed by atoms with Gasteiger partial charge in [0.2, 0.25) is 0 Å². The maximum Gasteiger partial charge on any atom is 0.157 e. The number of Topliss-reactive ketones (excluding diaryl/α,β-unsaturated/α-hetero) is 1. The zero-order valence-corrected chi connectivity index (χ0v) is 25.2. The Morgan fingerprint density at radius 3 is 2.70 bits per heavy atom. The van der Waals surface area contributed by atoms with Crippen molar-refractivity contribution in [2.24, 2.45) is 35.0 Å². The van der Waals surface area contributed by atoms with Crippen LogP contribution in [0.1, 0.15) is 84.5 Å². The first-order valence-corrected chi connectivity index (χ1v) is 15.4. The Balaban J connectivity index is 1.22. The lowest BCUT2D eigenvalue weighted by Gasteiger charge is -2.52. The molecule has 0 aliphatic heterocycles. The third-order valence-corrected chi connectivity index (χ3v) is 10.9. The number of unbranched alkanes of at least 4 members (excludes halogenated alkanes) is 1. The van der Waals surface area contributed by atoms with E-state index >= 15 is 0 Å². The van der Waals surface area contributed by atoms with E-state index in [0.29, 0.717) is 34.8 Å². The zero-order chi connectivity index (χ0) is 28.5. The summed E-state index contributed by atoms with van der Waals surface area (Å²) in [7, 11) is 4.97. The Morgan fingerprint density at radius 1 is 1.12 bits per heavy atom. The lowest BCUT2D eigenvalue weighted by molar-refractivity contribution is -0.130. The summed E-state index contributed by atoms with van der Waals surface area (Å²) in [4.78, 5) is 13.8. The lowest BCUT2D eigenvalue weighted by atomic mass is 9.53. The number of rotatable bonds is 12. The van der Waals surface area contributed by atoms with Gasteiger partial charge in [-0.2, -0.15) is 0 Å². The van der Waals surface area contributed by atoms with E-state index in [1.807, 2.05) is 13.0 Å². The number of fused-ring (bicyclic) bond motifs is 4. The Kier molecular flexibility index (Phi) is 8.77. The Hall–Kier alpha value is -2.19. The van der Waals surface area contributed by atoms with Crippen LogP contribution < -0.4 is 9.47 Å². The molecule has 3 fully saturated rings. The van der Waals surface area contributed by atoms with Gasteiger partial charge in [0.05, 0.1) is 25.3 Å². The van der Waals surface area contributed by atoms with Crippen molar-refractivity contribution < 1.29 is 24.1 Å². The number of aliphatic hydroxyl groups is 1. The first kappa shape index (κ1) is 29.3. The number of methoxy groups -OCH3 is 3. The minimum absolute atomic E-state index is 0.0592. The molecule has 0 bridgehead atoms. The fraction of sp³-hybridized carbons (Fsp3) is 0.781. The Morgan fingerprint density at radius 2 is 1.95 bits per heavy atom. The van der Waals surface area contributed by atoms with Crippen molar-refractivity contribution in [3.63, 3.8) is 0 Å². The van der Waals surface area contributed by atoms with Crippen LogP contribution in [0.25, 0.3) is 11.0 Å². The summed E-state index contributed by atoms with van der Waals surface area (Å²) in [6, 6.07) is 3.67. The van der Waals surface area contributed by atoms with Gasteiger partial charge in [0.1, 0.15) is 12.3 Å². The number of carbonyl (C=O) groups is 1. The van der Waals surface area contributed by atoms with Crippen LogP contribution in [0.15, 0.2) is 12.1 Å². The largest absolute Gasteiger partial charge is 0.497 e. The van der Waals surface area contributed by atoms with E-state index in [1.165, 1.54) is 25.7 Å². The van der Waals surface area contributed by atoms with E-state index in [-0.39, 0.29) is 23.7 Å². The molecule has 7 atom stereocenters. The molecule has 5 rings (SSSR count). The first-order chi connectivity index (χ1) is 19.2. The number of carbonyl (C=O) groups excluding carboxylic acids is 1. The van der Waals surface area contributed by atoms with Crippen molar-refractivity contribution in [2.45, 2.75) is 96.6 Å². The third-order valence-electron chi connectivity index (χ3n) is 10.9.